The quantitative estimate of drug-likeness (QED) is 0.777. The van der Waals surface area contributed by atoms with Gasteiger partial charge in [-0.3, -0.25) is 4.79 Å². The van der Waals surface area contributed by atoms with Crippen molar-refractivity contribution in [3.8, 4) is 0 Å². The first-order valence-corrected chi connectivity index (χ1v) is 6.92. The van der Waals surface area contributed by atoms with Crippen molar-refractivity contribution in [2.24, 2.45) is 0 Å². The van der Waals surface area contributed by atoms with Crippen molar-refractivity contribution in [1.29, 1.82) is 0 Å². The molecule has 20 heavy (non-hydrogen) atoms. The highest BCUT2D eigenvalue weighted by Crippen LogP contribution is 2.36. The Morgan fingerprint density at radius 1 is 1.25 bits per heavy atom. The lowest BCUT2D eigenvalue weighted by Crippen LogP contribution is -2.16. The van der Waals surface area contributed by atoms with E-state index in [1.54, 1.807) is 6.07 Å². The number of hydrogen-bond acceptors (Lipinski definition) is 3. The van der Waals surface area contributed by atoms with Gasteiger partial charge in [-0.1, -0.05) is 0 Å². The fourth-order valence-electron chi connectivity index (χ4n) is 1.53. The minimum Gasteiger partial charge on any atom is -0.399 e. The summed E-state index contributed by atoms with van der Waals surface area (Å²) in [6, 6.07) is 6.40. The first-order chi connectivity index (χ1) is 9.27. The number of carbonyl (C=O) groups is 1. The molecule has 3 N–H and O–H groups in total. The fourth-order valence-corrected chi connectivity index (χ4v) is 2.81. The SMILES string of the molecule is Nc1ccc(NC(=O)c2ccc(Br)s2)c(C(F)(F)F)c1. The van der Waals surface area contributed by atoms with Crippen molar-refractivity contribution in [1.82, 2.24) is 0 Å². The summed E-state index contributed by atoms with van der Waals surface area (Å²) in [5.74, 6) is -0.601. The molecule has 0 saturated carbocycles. The minimum absolute atomic E-state index is 0.0193. The Morgan fingerprint density at radius 2 is 1.95 bits per heavy atom. The zero-order valence-corrected chi connectivity index (χ0v) is 12.2. The summed E-state index contributed by atoms with van der Waals surface area (Å²) in [5.41, 5.74) is 4.04. The number of alkyl halides is 3. The molecule has 0 saturated heterocycles. The van der Waals surface area contributed by atoms with Gasteiger partial charge >= 0.3 is 6.18 Å². The van der Waals surface area contributed by atoms with Crippen molar-refractivity contribution in [3.05, 3.63) is 44.6 Å². The summed E-state index contributed by atoms with van der Waals surface area (Å²) in [6.45, 7) is 0. The molecule has 0 radical (unpaired) electrons. The largest absolute Gasteiger partial charge is 0.418 e. The minimum atomic E-state index is -4.59. The van der Waals surface area contributed by atoms with Crippen LogP contribution in [0.25, 0.3) is 0 Å². The van der Waals surface area contributed by atoms with E-state index in [1.165, 1.54) is 12.1 Å². The zero-order valence-electron chi connectivity index (χ0n) is 9.79. The second kappa shape index (κ2) is 5.45. The number of benzene rings is 1. The van der Waals surface area contributed by atoms with Gasteiger partial charge in [0, 0.05) is 5.69 Å². The molecule has 1 amide bonds. The molecule has 2 rings (SSSR count). The van der Waals surface area contributed by atoms with Crippen LogP contribution >= 0.6 is 27.3 Å². The van der Waals surface area contributed by atoms with Crippen molar-refractivity contribution < 1.29 is 18.0 Å². The Morgan fingerprint density at radius 3 is 2.50 bits per heavy atom. The number of amides is 1. The van der Waals surface area contributed by atoms with Crippen LogP contribution in [0.15, 0.2) is 34.1 Å². The number of nitrogen functional groups attached to an aromatic ring is 1. The highest BCUT2D eigenvalue weighted by atomic mass is 79.9. The van der Waals surface area contributed by atoms with Crippen molar-refractivity contribution >= 4 is 44.5 Å². The third kappa shape index (κ3) is 3.31. The summed E-state index contributed by atoms with van der Waals surface area (Å²) in [4.78, 5) is 12.2. The normalized spacial score (nSPS) is 11.4. The summed E-state index contributed by atoms with van der Waals surface area (Å²) >= 11 is 4.31. The maximum atomic E-state index is 12.9. The second-order valence-electron chi connectivity index (χ2n) is 3.86. The molecular formula is C12H8BrF3N2OS. The highest BCUT2D eigenvalue weighted by Gasteiger charge is 2.34. The van der Waals surface area contributed by atoms with Crippen LogP contribution < -0.4 is 11.1 Å². The molecule has 1 aromatic carbocycles. The van der Waals surface area contributed by atoms with Crippen molar-refractivity contribution in [2.45, 2.75) is 6.18 Å². The number of hydrogen-bond donors (Lipinski definition) is 2. The van der Waals surface area contributed by atoms with Gasteiger partial charge < -0.3 is 11.1 Å². The van der Waals surface area contributed by atoms with E-state index in [0.717, 1.165) is 27.3 Å². The summed E-state index contributed by atoms with van der Waals surface area (Å²) in [6.07, 6.45) is -4.59. The van der Waals surface area contributed by atoms with E-state index in [4.69, 9.17) is 5.73 Å². The van der Waals surface area contributed by atoms with Gasteiger partial charge in [-0.15, -0.1) is 11.3 Å². The molecule has 106 valence electrons. The van der Waals surface area contributed by atoms with Crippen LogP contribution in [-0.2, 0) is 6.18 Å². The van der Waals surface area contributed by atoms with Gasteiger partial charge in [-0.25, -0.2) is 0 Å². The summed E-state index contributed by atoms with van der Waals surface area (Å²) in [5, 5.41) is 2.25. The maximum Gasteiger partial charge on any atom is 0.418 e. The van der Waals surface area contributed by atoms with Gasteiger partial charge in [0.1, 0.15) is 0 Å². The molecule has 0 fully saturated rings. The Bertz CT molecular complexity index is 654. The fraction of sp³-hybridized carbons (Fsp3) is 0.0833. The zero-order chi connectivity index (χ0) is 14.9. The van der Waals surface area contributed by atoms with E-state index in [0.29, 0.717) is 4.88 Å². The van der Waals surface area contributed by atoms with Crippen molar-refractivity contribution in [3.63, 3.8) is 0 Å². The molecule has 0 aliphatic rings. The molecular weight excluding hydrogens is 357 g/mol. The van der Waals surface area contributed by atoms with E-state index in [9.17, 15) is 18.0 Å². The summed E-state index contributed by atoms with van der Waals surface area (Å²) < 4.78 is 39.3. The molecule has 0 bridgehead atoms. The third-order valence-corrected chi connectivity index (χ3v) is 4.02. The lowest BCUT2D eigenvalue weighted by molar-refractivity contribution is -0.136. The number of rotatable bonds is 2. The molecule has 0 spiro atoms. The average Bonchev–Trinajstić information content (AvgIpc) is 2.77. The standard InChI is InChI=1S/C12H8BrF3N2OS/c13-10-4-3-9(20-10)11(19)18-8-2-1-6(17)5-7(8)12(14,15)16/h1-5H,17H2,(H,18,19). The van der Waals surface area contributed by atoms with E-state index >= 15 is 0 Å². The number of nitrogens with two attached hydrogens (primary N) is 1. The first kappa shape index (κ1) is 14.9. The Balaban J connectivity index is 2.32. The number of thiophene rings is 1. The average molecular weight is 365 g/mol. The summed E-state index contributed by atoms with van der Waals surface area (Å²) in [7, 11) is 0. The van der Waals surface area contributed by atoms with Crippen LogP contribution in [0.1, 0.15) is 15.2 Å². The highest BCUT2D eigenvalue weighted by molar-refractivity contribution is 9.11. The predicted octanol–water partition coefficient (Wildman–Crippen LogP) is 4.36. The van der Waals surface area contributed by atoms with E-state index < -0.39 is 17.6 Å². The number of halogens is 4. The molecule has 8 heteroatoms. The van der Waals surface area contributed by atoms with E-state index in [1.807, 2.05) is 0 Å². The van der Waals surface area contributed by atoms with Crippen LogP contribution in [0.5, 0.6) is 0 Å². The smallest absolute Gasteiger partial charge is 0.399 e. The van der Waals surface area contributed by atoms with Gasteiger partial charge in [0.05, 0.1) is 19.9 Å². The molecule has 1 aromatic heterocycles. The Hall–Kier alpha value is -1.54. The molecule has 0 unspecified atom stereocenters. The number of anilines is 2. The molecule has 1 heterocycles. The third-order valence-electron chi connectivity index (χ3n) is 2.39. The van der Waals surface area contributed by atoms with E-state index in [-0.39, 0.29) is 11.4 Å². The van der Waals surface area contributed by atoms with Crippen molar-refractivity contribution in [2.75, 3.05) is 11.1 Å². The van der Waals surface area contributed by atoms with E-state index in [2.05, 4.69) is 21.2 Å². The van der Waals surface area contributed by atoms with Gasteiger partial charge in [-0.05, 0) is 46.3 Å². The van der Waals surface area contributed by atoms with Gasteiger partial charge in [0.25, 0.3) is 5.91 Å². The maximum absolute atomic E-state index is 12.9. The van der Waals surface area contributed by atoms with Crippen LogP contribution in [0.3, 0.4) is 0 Å². The molecule has 3 nitrogen and oxygen atoms in total. The van der Waals surface area contributed by atoms with Gasteiger partial charge in [0.15, 0.2) is 0 Å². The molecule has 0 aliphatic heterocycles. The molecule has 2 aromatic rings. The van der Waals surface area contributed by atoms with Crippen LogP contribution in [-0.4, -0.2) is 5.91 Å². The first-order valence-electron chi connectivity index (χ1n) is 5.31. The lowest BCUT2D eigenvalue weighted by Gasteiger charge is -2.14. The lowest BCUT2D eigenvalue weighted by atomic mass is 10.1. The Labute approximate surface area is 124 Å². The topological polar surface area (TPSA) is 55.1 Å². The second-order valence-corrected chi connectivity index (χ2v) is 6.32. The Kier molecular flexibility index (Phi) is 4.05. The number of nitrogens with one attached hydrogen (secondary N) is 1. The molecule has 0 aliphatic carbocycles. The predicted molar refractivity (Wildman–Crippen MR) is 75.8 cm³/mol. The van der Waals surface area contributed by atoms with Crippen LogP contribution in [0, 0.1) is 0 Å². The number of carbonyl (C=O) groups excluding carboxylic acids is 1. The van der Waals surface area contributed by atoms with Crippen LogP contribution in [0.4, 0.5) is 24.5 Å². The van der Waals surface area contributed by atoms with Gasteiger partial charge in [0.2, 0.25) is 0 Å². The van der Waals surface area contributed by atoms with Crippen LogP contribution in [0.2, 0.25) is 0 Å². The van der Waals surface area contributed by atoms with Gasteiger partial charge in [-0.2, -0.15) is 13.2 Å². The monoisotopic (exact) mass is 364 g/mol. The molecule has 0 atom stereocenters.